The number of hydrogen-bond acceptors (Lipinski definition) is 5. The number of methoxy groups -OCH3 is 1. The van der Waals surface area contributed by atoms with Crippen molar-refractivity contribution in [1.82, 2.24) is 0 Å². The normalized spacial score (nSPS) is 13.3. The molecule has 120 valence electrons. The molecule has 0 aliphatic carbocycles. The Morgan fingerprint density at radius 1 is 1.27 bits per heavy atom. The standard InChI is InChI=1S/C17H22O5/c1-5-21-14(17(2,3)19)10-12-13(20-4)8-6-11-7-9-15(18)22-16(11)12/h6-9,14,19H,5,10H2,1-4H3/t14-/m0/s1. The van der Waals surface area contributed by atoms with E-state index in [2.05, 4.69) is 0 Å². The van der Waals surface area contributed by atoms with Crippen molar-refractivity contribution in [3.63, 3.8) is 0 Å². The van der Waals surface area contributed by atoms with Gasteiger partial charge in [-0.1, -0.05) is 0 Å². The first-order chi connectivity index (χ1) is 10.4. The third-order valence-electron chi connectivity index (χ3n) is 3.61. The van der Waals surface area contributed by atoms with E-state index in [0.29, 0.717) is 24.4 Å². The summed E-state index contributed by atoms with van der Waals surface area (Å²) in [5.74, 6) is 0.607. The molecule has 2 aromatic rings. The summed E-state index contributed by atoms with van der Waals surface area (Å²) in [5.41, 5.74) is -0.254. The Hall–Kier alpha value is -1.85. The first kappa shape index (κ1) is 16.5. The largest absolute Gasteiger partial charge is 0.496 e. The SMILES string of the molecule is CCO[C@@H](Cc1c(OC)ccc2ccc(=O)oc12)C(C)(C)O. The molecule has 0 unspecified atom stereocenters. The van der Waals surface area contributed by atoms with Crippen molar-refractivity contribution in [2.24, 2.45) is 0 Å². The fourth-order valence-corrected chi connectivity index (χ4v) is 2.46. The van der Waals surface area contributed by atoms with Crippen molar-refractivity contribution in [2.45, 2.75) is 38.9 Å². The number of hydrogen-bond donors (Lipinski definition) is 1. The van der Waals surface area contributed by atoms with Crippen molar-refractivity contribution in [1.29, 1.82) is 0 Å². The van der Waals surface area contributed by atoms with Gasteiger partial charge in [0.05, 0.1) is 18.8 Å². The lowest BCUT2D eigenvalue weighted by Crippen LogP contribution is -2.40. The summed E-state index contributed by atoms with van der Waals surface area (Å²) >= 11 is 0. The molecular weight excluding hydrogens is 284 g/mol. The minimum Gasteiger partial charge on any atom is -0.496 e. The second kappa shape index (κ2) is 6.50. The van der Waals surface area contributed by atoms with Gasteiger partial charge in [0, 0.05) is 30.0 Å². The van der Waals surface area contributed by atoms with Gasteiger partial charge in [0.15, 0.2) is 0 Å². The molecule has 1 atom stereocenters. The minimum atomic E-state index is -1.03. The van der Waals surface area contributed by atoms with E-state index in [9.17, 15) is 9.90 Å². The summed E-state index contributed by atoms with van der Waals surface area (Å²) in [4.78, 5) is 11.6. The average molecular weight is 306 g/mol. The Labute approximate surface area is 129 Å². The van der Waals surface area contributed by atoms with Crippen LogP contribution < -0.4 is 10.4 Å². The smallest absolute Gasteiger partial charge is 0.336 e. The summed E-state index contributed by atoms with van der Waals surface area (Å²) in [7, 11) is 1.56. The molecule has 0 spiro atoms. The van der Waals surface area contributed by atoms with Gasteiger partial charge in [-0.2, -0.15) is 0 Å². The number of aliphatic hydroxyl groups is 1. The highest BCUT2D eigenvalue weighted by Gasteiger charge is 2.29. The highest BCUT2D eigenvalue weighted by atomic mass is 16.5. The van der Waals surface area contributed by atoms with E-state index in [-0.39, 0.29) is 0 Å². The molecule has 0 saturated carbocycles. The van der Waals surface area contributed by atoms with E-state index in [4.69, 9.17) is 13.9 Å². The predicted molar refractivity (Wildman–Crippen MR) is 84.5 cm³/mol. The summed E-state index contributed by atoms with van der Waals surface area (Å²) in [6, 6.07) is 6.75. The molecule has 0 fully saturated rings. The van der Waals surface area contributed by atoms with Gasteiger partial charge in [-0.15, -0.1) is 0 Å². The maximum Gasteiger partial charge on any atom is 0.336 e. The van der Waals surface area contributed by atoms with Crippen LogP contribution in [-0.4, -0.2) is 30.5 Å². The van der Waals surface area contributed by atoms with Crippen LogP contribution in [0.5, 0.6) is 5.75 Å². The van der Waals surface area contributed by atoms with Gasteiger partial charge in [0.1, 0.15) is 11.3 Å². The molecule has 0 aliphatic heterocycles. The maximum atomic E-state index is 11.6. The first-order valence-electron chi connectivity index (χ1n) is 7.30. The molecule has 1 N–H and O–H groups in total. The molecule has 0 bridgehead atoms. The molecule has 0 saturated heterocycles. The Balaban J connectivity index is 2.56. The Morgan fingerprint density at radius 2 is 1.95 bits per heavy atom. The summed E-state index contributed by atoms with van der Waals surface area (Å²) < 4.78 is 16.4. The molecule has 2 rings (SSSR count). The van der Waals surface area contributed by atoms with Crippen LogP contribution in [0.25, 0.3) is 11.0 Å². The summed E-state index contributed by atoms with van der Waals surface area (Å²) in [5, 5.41) is 11.1. The zero-order chi connectivity index (χ0) is 16.3. The zero-order valence-corrected chi connectivity index (χ0v) is 13.4. The highest BCUT2D eigenvalue weighted by Crippen LogP contribution is 2.30. The van der Waals surface area contributed by atoms with E-state index < -0.39 is 17.3 Å². The van der Waals surface area contributed by atoms with Gasteiger partial charge < -0.3 is 19.0 Å². The van der Waals surface area contributed by atoms with Crippen molar-refractivity contribution in [3.8, 4) is 5.75 Å². The van der Waals surface area contributed by atoms with Crippen molar-refractivity contribution >= 4 is 11.0 Å². The third kappa shape index (κ3) is 3.48. The lowest BCUT2D eigenvalue weighted by molar-refractivity contribution is -0.0840. The lowest BCUT2D eigenvalue weighted by Gasteiger charge is -2.29. The van der Waals surface area contributed by atoms with Gasteiger partial charge >= 0.3 is 5.63 Å². The van der Waals surface area contributed by atoms with Gasteiger partial charge in [0.2, 0.25) is 0 Å². The fraction of sp³-hybridized carbons (Fsp3) is 0.471. The monoisotopic (exact) mass is 306 g/mol. The van der Waals surface area contributed by atoms with Gasteiger partial charge in [-0.25, -0.2) is 4.79 Å². The Bertz CT molecular complexity index is 696. The summed E-state index contributed by atoms with van der Waals surface area (Å²) in [6.07, 6.45) is -0.0624. The molecule has 1 heterocycles. The van der Waals surface area contributed by atoms with E-state index >= 15 is 0 Å². The van der Waals surface area contributed by atoms with Crippen LogP contribution in [0, 0.1) is 0 Å². The second-order valence-electron chi connectivity index (χ2n) is 5.72. The third-order valence-corrected chi connectivity index (χ3v) is 3.61. The fourth-order valence-electron chi connectivity index (χ4n) is 2.46. The van der Waals surface area contributed by atoms with Crippen LogP contribution in [0.15, 0.2) is 33.5 Å². The van der Waals surface area contributed by atoms with Gasteiger partial charge in [0.25, 0.3) is 0 Å². The van der Waals surface area contributed by atoms with Gasteiger partial charge in [-0.05, 0) is 39.0 Å². The van der Waals surface area contributed by atoms with Crippen LogP contribution in [0.4, 0.5) is 0 Å². The molecule has 5 nitrogen and oxygen atoms in total. The van der Waals surface area contributed by atoms with Crippen LogP contribution in [-0.2, 0) is 11.2 Å². The quantitative estimate of drug-likeness (QED) is 0.831. The highest BCUT2D eigenvalue weighted by molar-refractivity contribution is 5.82. The molecule has 1 aromatic heterocycles. The van der Waals surface area contributed by atoms with Gasteiger partial charge in [-0.3, -0.25) is 0 Å². The Morgan fingerprint density at radius 3 is 2.55 bits per heavy atom. The molecule has 0 aliphatic rings. The second-order valence-corrected chi connectivity index (χ2v) is 5.72. The summed E-state index contributed by atoms with van der Waals surface area (Å²) in [6.45, 7) is 5.74. The van der Waals surface area contributed by atoms with E-state index in [1.807, 2.05) is 19.1 Å². The Kier molecular flexibility index (Phi) is 4.88. The first-order valence-corrected chi connectivity index (χ1v) is 7.30. The zero-order valence-electron chi connectivity index (χ0n) is 13.4. The van der Waals surface area contributed by atoms with E-state index in [0.717, 1.165) is 10.9 Å². The van der Waals surface area contributed by atoms with Crippen molar-refractivity contribution in [3.05, 3.63) is 40.2 Å². The van der Waals surface area contributed by atoms with E-state index in [1.54, 1.807) is 27.0 Å². The van der Waals surface area contributed by atoms with Crippen LogP contribution in [0.2, 0.25) is 0 Å². The number of fused-ring (bicyclic) bond motifs is 1. The van der Waals surface area contributed by atoms with Crippen molar-refractivity contribution in [2.75, 3.05) is 13.7 Å². The topological polar surface area (TPSA) is 68.9 Å². The number of rotatable bonds is 6. The predicted octanol–water partition coefficient (Wildman–Crippen LogP) is 2.52. The van der Waals surface area contributed by atoms with Crippen LogP contribution >= 0.6 is 0 Å². The lowest BCUT2D eigenvalue weighted by atomic mass is 9.93. The molecule has 5 heteroatoms. The molecule has 1 aromatic carbocycles. The van der Waals surface area contributed by atoms with Crippen LogP contribution in [0.1, 0.15) is 26.3 Å². The maximum absolute atomic E-state index is 11.6. The number of benzene rings is 1. The van der Waals surface area contributed by atoms with Crippen LogP contribution in [0.3, 0.4) is 0 Å². The average Bonchev–Trinajstić information content (AvgIpc) is 2.46. The van der Waals surface area contributed by atoms with E-state index in [1.165, 1.54) is 6.07 Å². The van der Waals surface area contributed by atoms with Crippen molar-refractivity contribution < 1.29 is 19.0 Å². The molecule has 0 radical (unpaired) electrons. The minimum absolute atomic E-state index is 0.380. The molecular formula is C17H22O5. The number of ether oxygens (including phenoxy) is 2. The molecule has 22 heavy (non-hydrogen) atoms. The molecule has 0 amide bonds.